The molecule has 0 aliphatic carbocycles. The van der Waals surface area contributed by atoms with E-state index in [1.54, 1.807) is 6.20 Å². The summed E-state index contributed by atoms with van der Waals surface area (Å²) in [5, 5.41) is 14.2. The van der Waals surface area contributed by atoms with Gasteiger partial charge in [0.2, 0.25) is 0 Å². The highest BCUT2D eigenvalue weighted by Gasteiger charge is 2.19. The third kappa shape index (κ3) is 5.23. The maximum absolute atomic E-state index is 11.6. The summed E-state index contributed by atoms with van der Waals surface area (Å²) in [6, 6.07) is -1.45. The number of aliphatic carboxylic acids is 1. The van der Waals surface area contributed by atoms with Gasteiger partial charge in [0.15, 0.2) is 5.13 Å². The van der Waals surface area contributed by atoms with E-state index >= 15 is 0 Å². The summed E-state index contributed by atoms with van der Waals surface area (Å²) in [6.45, 7) is 0. The number of halogens is 1. The molecule has 0 radical (unpaired) electrons. The average molecular weight is 354 g/mol. The lowest BCUT2D eigenvalue weighted by molar-refractivity contribution is -0.139. The van der Waals surface area contributed by atoms with Gasteiger partial charge in [-0.05, 0) is 34.4 Å². The normalized spacial score (nSPS) is 11.9. The predicted molar refractivity (Wildman–Crippen MR) is 76.4 cm³/mol. The Labute approximate surface area is 121 Å². The molecule has 0 saturated heterocycles. The number of carboxylic acid groups (broad SMARTS) is 1. The Hall–Kier alpha value is -0.800. The zero-order valence-corrected chi connectivity index (χ0v) is 12.7. The van der Waals surface area contributed by atoms with Crippen LogP contribution in [0.2, 0.25) is 0 Å². The smallest absolute Gasteiger partial charge is 0.326 e. The number of thiazole rings is 1. The molecule has 0 saturated carbocycles. The largest absolute Gasteiger partial charge is 0.480 e. The molecule has 1 rings (SSSR count). The fourth-order valence-corrected chi connectivity index (χ4v) is 2.67. The Kier molecular flexibility index (Phi) is 6.44. The van der Waals surface area contributed by atoms with Crippen molar-refractivity contribution in [3.8, 4) is 0 Å². The quantitative estimate of drug-likeness (QED) is 0.729. The lowest BCUT2D eigenvalue weighted by Crippen LogP contribution is -2.43. The summed E-state index contributed by atoms with van der Waals surface area (Å²) < 4.78 is 0.787. The monoisotopic (exact) mass is 353 g/mol. The SMILES string of the molecule is CSCC[C@H](NC(=O)Nc1ncc(Br)s1)C(=O)O. The minimum Gasteiger partial charge on any atom is -0.480 e. The molecule has 0 unspecified atom stereocenters. The molecule has 0 aromatic carbocycles. The van der Waals surface area contributed by atoms with Crippen molar-refractivity contribution in [2.75, 3.05) is 17.3 Å². The van der Waals surface area contributed by atoms with Gasteiger partial charge in [0.05, 0.1) is 9.98 Å². The molecule has 6 nitrogen and oxygen atoms in total. The minimum absolute atomic E-state index is 0.380. The van der Waals surface area contributed by atoms with Gasteiger partial charge in [-0.25, -0.2) is 14.6 Å². The number of carbonyl (C=O) groups excluding carboxylic acids is 1. The number of carbonyl (C=O) groups is 2. The first-order valence-electron chi connectivity index (χ1n) is 4.93. The van der Waals surface area contributed by atoms with Gasteiger partial charge in [-0.2, -0.15) is 11.8 Å². The zero-order valence-electron chi connectivity index (χ0n) is 9.47. The van der Waals surface area contributed by atoms with E-state index in [0.717, 1.165) is 3.79 Å². The second-order valence-electron chi connectivity index (χ2n) is 3.24. The van der Waals surface area contributed by atoms with Crippen molar-refractivity contribution in [1.29, 1.82) is 0 Å². The molecule has 1 heterocycles. The number of thioether (sulfide) groups is 1. The summed E-state index contributed by atoms with van der Waals surface area (Å²) in [6.07, 6.45) is 3.82. The van der Waals surface area contributed by atoms with Crippen molar-refractivity contribution < 1.29 is 14.7 Å². The van der Waals surface area contributed by atoms with Crippen LogP contribution in [0.25, 0.3) is 0 Å². The van der Waals surface area contributed by atoms with Crippen molar-refractivity contribution in [2.24, 2.45) is 0 Å². The molecule has 1 aromatic heterocycles. The first-order valence-corrected chi connectivity index (χ1v) is 7.94. The van der Waals surface area contributed by atoms with Crippen LogP contribution in [0.1, 0.15) is 6.42 Å². The van der Waals surface area contributed by atoms with Crippen LogP contribution in [-0.4, -0.2) is 40.1 Å². The van der Waals surface area contributed by atoms with Crippen molar-refractivity contribution in [3.63, 3.8) is 0 Å². The van der Waals surface area contributed by atoms with E-state index in [1.165, 1.54) is 23.1 Å². The summed E-state index contributed by atoms with van der Waals surface area (Å²) in [5.74, 6) is -0.375. The molecular weight excluding hydrogens is 342 g/mol. The van der Waals surface area contributed by atoms with Crippen LogP contribution in [0.4, 0.5) is 9.93 Å². The molecule has 0 fully saturated rings. The van der Waals surface area contributed by atoms with E-state index in [0.29, 0.717) is 17.3 Å². The number of aromatic nitrogens is 1. The van der Waals surface area contributed by atoms with Crippen molar-refractivity contribution in [3.05, 3.63) is 9.98 Å². The topological polar surface area (TPSA) is 91.3 Å². The number of nitrogens with one attached hydrogen (secondary N) is 2. The Balaban J connectivity index is 2.48. The molecule has 0 aliphatic heterocycles. The number of anilines is 1. The maximum atomic E-state index is 11.6. The van der Waals surface area contributed by atoms with E-state index in [4.69, 9.17) is 5.11 Å². The van der Waals surface area contributed by atoms with E-state index < -0.39 is 18.0 Å². The average Bonchev–Trinajstić information content (AvgIpc) is 2.69. The highest BCUT2D eigenvalue weighted by molar-refractivity contribution is 9.11. The molecule has 2 amide bonds. The Bertz CT molecular complexity index is 427. The highest BCUT2D eigenvalue weighted by atomic mass is 79.9. The van der Waals surface area contributed by atoms with Gasteiger partial charge >= 0.3 is 12.0 Å². The van der Waals surface area contributed by atoms with Gasteiger partial charge in [-0.3, -0.25) is 5.32 Å². The molecule has 0 spiro atoms. The Morgan fingerprint density at radius 3 is 2.89 bits per heavy atom. The summed E-state index contributed by atoms with van der Waals surface area (Å²) in [5.41, 5.74) is 0. The lowest BCUT2D eigenvalue weighted by atomic mass is 10.2. The van der Waals surface area contributed by atoms with Gasteiger partial charge in [0.25, 0.3) is 0 Å². The maximum Gasteiger partial charge on any atom is 0.326 e. The van der Waals surface area contributed by atoms with Gasteiger partial charge in [-0.1, -0.05) is 11.3 Å². The predicted octanol–water partition coefficient (Wildman–Crippen LogP) is 2.23. The zero-order chi connectivity index (χ0) is 13.5. The second kappa shape index (κ2) is 7.59. The Morgan fingerprint density at radius 1 is 1.67 bits per heavy atom. The number of hydrogen-bond acceptors (Lipinski definition) is 5. The molecule has 9 heteroatoms. The van der Waals surface area contributed by atoms with Gasteiger partial charge < -0.3 is 10.4 Å². The van der Waals surface area contributed by atoms with Crippen LogP contribution >= 0.6 is 39.0 Å². The molecule has 1 aromatic rings. The number of carboxylic acids is 1. The number of hydrogen-bond donors (Lipinski definition) is 3. The fourth-order valence-electron chi connectivity index (χ4n) is 1.10. The fraction of sp³-hybridized carbons (Fsp3) is 0.444. The van der Waals surface area contributed by atoms with E-state index in [9.17, 15) is 9.59 Å². The third-order valence-electron chi connectivity index (χ3n) is 1.91. The van der Waals surface area contributed by atoms with E-state index in [-0.39, 0.29) is 0 Å². The minimum atomic E-state index is -1.04. The molecule has 0 aliphatic rings. The first kappa shape index (κ1) is 15.3. The molecule has 0 bridgehead atoms. The van der Waals surface area contributed by atoms with Gasteiger partial charge in [0.1, 0.15) is 6.04 Å². The van der Waals surface area contributed by atoms with Crippen molar-refractivity contribution in [2.45, 2.75) is 12.5 Å². The number of nitrogens with zero attached hydrogens (tertiary/aromatic N) is 1. The molecule has 100 valence electrons. The summed E-state index contributed by atoms with van der Waals surface area (Å²) >= 11 is 6.00. The van der Waals surface area contributed by atoms with Crippen LogP contribution in [0.15, 0.2) is 9.98 Å². The van der Waals surface area contributed by atoms with E-state index in [2.05, 4.69) is 31.5 Å². The van der Waals surface area contributed by atoms with Crippen LogP contribution in [0.5, 0.6) is 0 Å². The summed E-state index contributed by atoms with van der Waals surface area (Å²) in [4.78, 5) is 26.4. The lowest BCUT2D eigenvalue weighted by Gasteiger charge is -2.13. The highest BCUT2D eigenvalue weighted by Crippen LogP contribution is 2.22. The molecule has 1 atom stereocenters. The first-order chi connectivity index (χ1) is 8.52. The second-order valence-corrected chi connectivity index (χ2v) is 6.64. The van der Waals surface area contributed by atoms with Gasteiger partial charge in [0, 0.05) is 0 Å². The van der Waals surface area contributed by atoms with Gasteiger partial charge in [-0.15, -0.1) is 0 Å². The van der Waals surface area contributed by atoms with Crippen LogP contribution < -0.4 is 10.6 Å². The van der Waals surface area contributed by atoms with Crippen molar-refractivity contribution >= 4 is 56.2 Å². The third-order valence-corrected chi connectivity index (χ3v) is 3.95. The number of rotatable bonds is 6. The van der Waals surface area contributed by atoms with Crippen molar-refractivity contribution in [1.82, 2.24) is 10.3 Å². The van der Waals surface area contributed by atoms with Crippen LogP contribution in [0.3, 0.4) is 0 Å². The molecule has 3 N–H and O–H groups in total. The van der Waals surface area contributed by atoms with E-state index in [1.807, 2.05) is 6.26 Å². The molecule has 18 heavy (non-hydrogen) atoms. The number of amides is 2. The Morgan fingerprint density at radius 2 is 2.39 bits per heavy atom. The van der Waals surface area contributed by atoms with Crippen LogP contribution in [0, 0.1) is 0 Å². The number of urea groups is 1. The molecular formula is C9H12BrN3O3S2. The standard InChI is InChI=1S/C9H12BrN3O3S2/c1-17-3-2-5(7(14)15)12-8(16)13-9-11-4-6(10)18-9/h4-5H,2-3H2,1H3,(H,14,15)(H2,11,12,13,16)/t5-/m0/s1. The van der Waals surface area contributed by atoms with Crippen LogP contribution in [-0.2, 0) is 4.79 Å². The summed E-state index contributed by atoms with van der Waals surface area (Å²) in [7, 11) is 0.